The van der Waals surface area contributed by atoms with Gasteiger partial charge in [-0.25, -0.2) is 0 Å². The molecule has 2 rings (SSSR count). The second-order valence-electron chi connectivity index (χ2n) is 4.18. The van der Waals surface area contributed by atoms with Crippen molar-refractivity contribution < 1.29 is 9.90 Å². The van der Waals surface area contributed by atoms with E-state index in [2.05, 4.69) is 23.7 Å². The molecule has 1 aromatic heterocycles. The first-order chi connectivity index (χ1) is 7.16. The van der Waals surface area contributed by atoms with Crippen molar-refractivity contribution >= 4 is 17.3 Å². The SMILES string of the molecule is CC1CC(C(=O)O)CC(c2ccsc2)N1. The van der Waals surface area contributed by atoms with Gasteiger partial charge in [-0.1, -0.05) is 0 Å². The average Bonchev–Trinajstić information content (AvgIpc) is 2.69. The largest absolute Gasteiger partial charge is 0.481 e. The molecule has 0 radical (unpaired) electrons. The molecule has 0 amide bonds. The third-order valence-corrected chi connectivity index (χ3v) is 3.64. The third-order valence-electron chi connectivity index (χ3n) is 2.94. The Balaban J connectivity index is 2.10. The van der Waals surface area contributed by atoms with Crippen molar-refractivity contribution in [3.05, 3.63) is 22.4 Å². The van der Waals surface area contributed by atoms with Gasteiger partial charge < -0.3 is 10.4 Å². The number of carbonyl (C=O) groups is 1. The molecule has 2 N–H and O–H groups in total. The molecular formula is C11H15NO2S. The van der Waals surface area contributed by atoms with Gasteiger partial charge in [-0.15, -0.1) is 0 Å². The molecule has 3 nitrogen and oxygen atoms in total. The summed E-state index contributed by atoms with van der Waals surface area (Å²) in [6.07, 6.45) is 1.44. The lowest BCUT2D eigenvalue weighted by atomic mass is 9.86. The lowest BCUT2D eigenvalue weighted by Gasteiger charge is -2.32. The smallest absolute Gasteiger partial charge is 0.306 e. The van der Waals surface area contributed by atoms with Gasteiger partial charge in [0.05, 0.1) is 5.92 Å². The Labute approximate surface area is 93.1 Å². The van der Waals surface area contributed by atoms with E-state index in [1.165, 1.54) is 5.56 Å². The summed E-state index contributed by atoms with van der Waals surface area (Å²) >= 11 is 1.66. The maximum Gasteiger partial charge on any atom is 0.306 e. The number of hydrogen-bond acceptors (Lipinski definition) is 3. The van der Waals surface area contributed by atoms with Crippen molar-refractivity contribution in [3.63, 3.8) is 0 Å². The molecule has 1 aliphatic rings. The second kappa shape index (κ2) is 4.33. The Kier molecular flexibility index (Phi) is 3.07. The highest BCUT2D eigenvalue weighted by molar-refractivity contribution is 7.07. The predicted octanol–water partition coefficient (Wildman–Crippen LogP) is 2.26. The average molecular weight is 225 g/mol. The number of carboxylic acids is 1. The van der Waals surface area contributed by atoms with E-state index in [9.17, 15) is 4.79 Å². The Bertz CT molecular complexity index is 336. The molecule has 0 spiro atoms. The lowest BCUT2D eigenvalue weighted by molar-refractivity contribution is -0.143. The number of aliphatic carboxylic acids is 1. The standard InChI is InChI=1S/C11H15NO2S/c1-7-4-9(11(13)14)5-10(12-7)8-2-3-15-6-8/h2-3,6-7,9-10,12H,4-5H2,1H3,(H,13,14). The molecule has 3 atom stereocenters. The minimum absolute atomic E-state index is 0.203. The van der Waals surface area contributed by atoms with Crippen LogP contribution < -0.4 is 5.32 Å². The molecule has 1 saturated heterocycles. The van der Waals surface area contributed by atoms with Crippen LogP contribution in [-0.2, 0) is 4.79 Å². The molecule has 82 valence electrons. The van der Waals surface area contributed by atoms with Crippen LogP contribution in [0, 0.1) is 5.92 Å². The summed E-state index contributed by atoms with van der Waals surface area (Å²) in [6, 6.07) is 2.56. The molecule has 4 heteroatoms. The molecule has 3 unspecified atom stereocenters. The van der Waals surface area contributed by atoms with Crippen molar-refractivity contribution in [2.24, 2.45) is 5.92 Å². The third kappa shape index (κ3) is 2.38. The van der Waals surface area contributed by atoms with Gasteiger partial charge in [-0.3, -0.25) is 4.79 Å². The lowest BCUT2D eigenvalue weighted by Crippen LogP contribution is -2.40. The van der Waals surface area contributed by atoms with Crippen molar-refractivity contribution in [1.29, 1.82) is 0 Å². The first kappa shape index (κ1) is 10.6. The highest BCUT2D eigenvalue weighted by Gasteiger charge is 2.31. The predicted molar refractivity (Wildman–Crippen MR) is 60.0 cm³/mol. The Morgan fingerprint density at radius 2 is 2.40 bits per heavy atom. The zero-order chi connectivity index (χ0) is 10.8. The number of piperidine rings is 1. The van der Waals surface area contributed by atoms with Gasteiger partial charge in [0.1, 0.15) is 0 Å². The highest BCUT2D eigenvalue weighted by Crippen LogP contribution is 2.30. The van der Waals surface area contributed by atoms with Gasteiger partial charge in [0.15, 0.2) is 0 Å². The highest BCUT2D eigenvalue weighted by atomic mass is 32.1. The van der Waals surface area contributed by atoms with E-state index in [1.54, 1.807) is 11.3 Å². The van der Waals surface area contributed by atoms with E-state index in [0.29, 0.717) is 6.42 Å². The fraction of sp³-hybridized carbons (Fsp3) is 0.545. The molecular weight excluding hydrogens is 210 g/mol. The molecule has 0 aromatic carbocycles. The molecule has 15 heavy (non-hydrogen) atoms. The Morgan fingerprint density at radius 1 is 1.60 bits per heavy atom. The minimum atomic E-state index is -0.663. The zero-order valence-corrected chi connectivity index (χ0v) is 9.46. The van der Waals surface area contributed by atoms with Gasteiger partial charge in [-0.2, -0.15) is 11.3 Å². The summed E-state index contributed by atoms with van der Waals surface area (Å²) in [5, 5.41) is 16.6. The van der Waals surface area contributed by atoms with Gasteiger partial charge in [0.2, 0.25) is 0 Å². The van der Waals surface area contributed by atoms with Gasteiger partial charge in [0.25, 0.3) is 0 Å². The van der Waals surface area contributed by atoms with Crippen molar-refractivity contribution in [2.75, 3.05) is 0 Å². The topological polar surface area (TPSA) is 49.3 Å². The van der Waals surface area contributed by atoms with Crippen LogP contribution in [0.2, 0.25) is 0 Å². The number of hydrogen-bond donors (Lipinski definition) is 2. The monoisotopic (exact) mass is 225 g/mol. The fourth-order valence-corrected chi connectivity index (χ4v) is 2.91. The molecule has 0 aliphatic carbocycles. The number of rotatable bonds is 2. The van der Waals surface area contributed by atoms with E-state index in [4.69, 9.17) is 5.11 Å². The number of nitrogens with one attached hydrogen (secondary N) is 1. The van der Waals surface area contributed by atoms with E-state index in [0.717, 1.165) is 6.42 Å². The maximum atomic E-state index is 11.0. The Hall–Kier alpha value is -0.870. The molecule has 0 saturated carbocycles. The van der Waals surface area contributed by atoms with E-state index in [1.807, 2.05) is 5.38 Å². The molecule has 1 fully saturated rings. The van der Waals surface area contributed by atoms with Crippen LogP contribution in [0.3, 0.4) is 0 Å². The van der Waals surface area contributed by atoms with Crippen LogP contribution in [0.1, 0.15) is 31.4 Å². The van der Waals surface area contributed by atoms with Crippen LogP contribution in [0.5, 0.6) is 0 Å². The molecule has 1 aliphatic heterocycles. The van der Waals surface area contributed by atoms with Crippen molar-refractivity contribution in [2.45, 2.75) is 31.8 Å². The van der Waals surface area contributed by atoms with Crippen LogP contribution >= 0.6 is 11.3 Å². The summed E-state index contributed by atoms with van der Waals surface area (Å²) in [5.74, 6) is -0.866. The van der Waals surface area contributed by atoms with Crippen LogP contribution in [0.4, 0.5) is 0 Å². The van der Waals surface area contributed by atoms with Crippen LogP contribution in [0.25, 0.3) is 0 Å². The van der Waals surface area contributed by atoms with E-state index < -0.39 is 5.97 Å². The maximum absolute atomic E-state index is 11.0. The summed E-state index contributed by atoms with van der Waals surface area (Å²) in [7, 11) is 0. The second-order valence-corrected chi connectivity index (χ2v) is 4.96. The van der Waals surface area contributed by atoms with Crippen molar-refractivity contribution in [1.82, 2.24) is 5.32 Å². The Morgan fingerprint density at radius 3 is 3.00 bits per heavy atom. The van der Waals surface area contributed by atoms with Crippen molar-refractivity contribution in [3.8, 4) is 0 Å². The zero-order valence-electron chi connectivity index (χ0n) is 8.64. The summed E-state index contributed by atoms with van der Waals surface area (Å²) in [4.78, 5) is 11.0. The van der Waals surface area contributed by atoms with Crippen LogP contribution in [0.15, 0.2) is 16.8 Å². The first-order valence-corrected chi connectivity index (χ1v) is 6.12. The number of thiophene rings is 1. The number of carboxylic acid groups (broad SMARTS) is 1. The van der Waals surface area contributed by atoms with Gasteiger partial charge >= 0.3 is 5.97 Å². The van der Waals surface area contributed by atoms with E-state index in [-0.39, 0.29) is 18.0 Å². The molecule has 2 heterocycles. The molecule has 1 aromatic rings. The summed E-state index contributed by atoms with van der Waals surface area (Å²) in [6.45, 7) is 2.05. The van der Waals surface area contributed by atoms with E-state index >= 15 is 0 Å². The fourth-order valence-electron chi connectivity index (χ4n) is 2.19. The van der Waals surface area contributed by atoms with Gasteiger partial charge in [-0.05, 0) is 42.2 Å². The summed E-state index contributed by atoms with van der Waals surface area (Å²) in [5.41, 5.74) is 1.22. The van der Waals surface area contributed by atoms with Crippen LogP contribution in [-0.4, -0.2) is 17.1 Å². The summed E-state index contributed by atoms with van der Waals surface area (Å²) < 4.78 is 0. The minimum Gasteiger partial charge on any atom is -0.481 e. The first-order valence-electron chi connectivity index (χ1n) is 5.17. The molecule has 0 bridgehead atoms. The quantitative estimate of drug-likeness (QED) is 0.811. The van der Waals surface area contributed by atoms with Gasteiger partial charge in [0, 0.05) is 12.1 Å². The normalized spacial score (nSPS) is 31.4.